The lowest BCUT2D eigenvalue weighted by molar-refractivity contribution is 0.0695. The van der Waals surface area contributed by atoms with Crippen molar-refractivity contribution in [1.82, 2.24) is 15.2 Å². The fourth-order valence-corrected chi connectivity index (χ4v) is 1.41. The Morgan fingerprint density at radius 2 is 1.76 bits per heavy atom. The number of hydrogen-bond donors (Lipinski definition) is 2. The minimum Gasteiger partial charge on any atom is -0.388 e. The topological polar surface area (TPSA) is 70.9 Å². The number of nitrogens with zero attached hydrogens (tertiary/aromatic N) is 3. The molecule has 96 valence electrons. The average Bonchev–Trinajstić information content (AvgIpc) is 2.36. The van der Waals surface area contributed by atoms with Crippen molar-refractivity contribution in [2.75, 3.05) is 11.9 Å². The Hall–Kier alpha value is -1.23. The van der Waals surface area contributed by atoms with Crippen molar-refractivity contribution in [3.63, 3.8) is 0 Å². The summed E-state index contributed by atoms with van der Waals surface area (Å²) in [6.45, 7) is 8.25. The van der Waals surface area contributed by atoms with Gasteiger partial charge in [-0.25, -0.2) is 4.98 Å². The number of hydrogen-bond acceptors (Lipinski definition) is 5. The highest BCUT2D eigenvalue weighted by Crippen LogP contribution is 2.10. The highest BCUT2D eigenvalue weighted by Gasteiger charge is 2.17. The molecule has 1 heterocycles. The smallest absolute Gasteiger partial charge is 0.243 e. The zero-order chi connectivity index (χ0) is 12.9. The second-order valence-corrected chi connectivity index (χ2v) is 4.44. The lowest BCUT2D eigenvalue weighted by Crippen LogP contribution is -2.33. The quantitative estimate of drug-likeness (QED) is 0.787. The highest BCUT2D eigenvalue weighted by atomic mass is 16.3. The van der Waals surface area contributed by atoms with Crippen molar-refractivity contribution in [2.24, 2.45) is 0 Å². The maximum atomic E-state index is 9.87. The highest BCUT2D eigenvalue weighted by molar-refractivity contribution is 5.26. The van der Waals surface area contributed by atoms with Gasteiger partial charge in [-0.2, -0.15) is 5.10 Å². The molecule has 0 amide bonds. The zero-order valence-corrected chi connectivity index (χ0v) is 11.1. The Bertz CT molecular complexity index is 366. The summed E-state index contributed by atoms with van der Waals surface area (Å²) in [5.41, 5.74) is 1.18. The Kier molecular flexibility index (Phi) is 4.81. The van der Waals surface area contributed by atoms with Crippen LogP contribution in [0.25, 0.3) is 0 Å². The van der Waals surface area contributed by atoms with Crippen LogP contribution in [-0.2, 0) is 12.8 Å². The number of rotatable bonds is 6. The van der Waals surface area contributed by atoms with Gasteiger partial charge in [0.05, 0.1) is 17.0 Å². The third-order valence-corrected chi connectivity index (χ3v) is 2.90. The average molecular weight is 238 g/mol. The van der Waals surface area contributed by atoms with Crippen LogP contribution in [0.1, 0.15) is 45.5 Å². The summed E-state index contributed by atoms with van der Waals surface area (Å²) in [5, 5.41) is 21.1. The van der Waals surface area contributed by atoms with E-state index < -0.39 is 5.60 Å². The molecule has 1 unspecified atom stereocenters. The fourth-order valence-electron chi connectivity index (χ4n) is 1.41. The SMILES string of the molecule is CCc1nnc(NCC(C)(O)CC)nc1CC. The summed E-state index contributed by atoms with van der Waals surface area (Å²) in [5.74, 6) is 0.493. The van der Waals surface area contributed by atoms with Gasteiger partial charge in [-0.3, -0.25) is 0 Å². The van der Waals surface area contributed by atoms with Gasteiger partial charge < -0.3 is 10.4 Å². The van der Waals surface area contributed by atoms with Crippen molar-refractivity contribution in [2.45, 2.75) is 52.6 Å². The summed E-state index contributed by atoms with van der Waals surface area (Å²) in [6.07, 6.45) is 2.37. The van der Waals surface area contributed by atoms with Gasteiger partial charge >= 0.3 is 0 Å². The van der Waals surface area contributed by atoms with Crippen LogP contribution in [0.3, 0.4) is 0 Å². The van der Waals surface area contributed by atoms with Gasteiger partial charge in [-0.05, 0) is 26.2 Å². The van der Waals surface area contributed by atoms with Crippen LogP contribution >= 0.6 is 0 Å². The molecule has 5 heteroatoms. The summed E-state index contributed by atoms with van der Waals surface area (Å²) in [6, 6.07) is 0. The Morgan fingerprint density at radius 3 is 2.29 bits per heavy atom. The number of nitrogens with one attached hydrogen (secondary N) is 1. The van der Waals surface area contributed by atoms with Crippen molar-refractivity contribution in [3.05, 3.63) is 11.4 Å². The van der Waals surface area contributed by atoms with Gasteiger partial charge in [0.1, 0.15) is 0 Å². The van der Waals surface area contributed by atoms with Crippen LogP contribution in [0.4, 0.5) is 5.95 Å². The molecule has 17 heavy (non-hydrogen) atoms. The summed E-state index contributed by atoms with van der Waals surface area (Å²) >= 11 is 0. The second-order valence-electron chi connectivity index (χ2n) is 4.44. The van der Waals surface area contributed by atoms with Crippen molar-refractivity contribution in [3.8, 4) is 0 Å². The van der Waals surface area contributed by atoms with Gasteiger partial charge in [-0.1, -0.05) is 20.8 Å². The number of aryl methyl sites for hydroxylation is 2. The predicted octanol–water partition coefficient (Wildman–Crippen LogP) is 1.57. The molecule has 5 nitrogen and oxygen atoms in total. The maximum Gasteiger partial charge on any atom is 0.243 e. The van der Waals surface area contributed by atoms with E-state index in [1.807, 2.05) is 13.8 Å². The van der Waals surface area contributed by atoms with E-state index in [1.54, 1.807) is 6.92 Å². The molecule has 0 spiro atoms. The molecule has 1 aromatic heterocycles. The number of aliphatic hydroxyl groups is 1. The molecule has 0 aliphatic rings. The predicted molar refractivity (Wildman–Crippen MR) is 68.0 cm³/mol. The van der Waals surface area contributed by atoms with E-state index in [2.05, 4.69) is 27.4 Å². The number of aromatic nitrogens is 3. The first-order chi connectivity index (χ1) is 8.02. The first kappa shape index (κ1) is 13.8. The largest absolute Gasteiger partial charge is 0.388 e. The van der Waals surface area contributed by atoms with Crippen LogP contribution in [-0.4, -0.2) is 32.4 Å². The van der Waals surface area contributed by atoms with Crippen molar-refractivity contribution >= 4 is 5.95 Å². The molecule has 0 aliphatic carbocycles. The monoisotopic (exact) mass is 238 g/mol. The van der Waals surface area contributed by atoms with Crippen molar-refractivity contribution < 1.29 is 5.11 Å². The van der Waals surface area contributed by atoms with E-state index in [-0.39, 0.29) is 0 Å². The lowest BCUT2D eigenvalue weighted by atomic mass is 10.0. The van der Waals surface area contributed by atoms with Crippen LogP contribution in [0.15, 0.2) is 0 Å². The van der Waals surface area contributed by atoms with Gasteiger partial charge in [0.15, 0.2) is 0 Å². The normalized spacial score (nSPS) is 14.4. The first-order valence-electron chi connectivity index (χ1n) is 6.21. The summed E-state index contributed by atoms with van der Waals surface area (Å²) in [7, 11) is 0. The summed E-state index contributed by atoms with van der Waals surface area (Å²) in [4.78, 5) is 4.40. The van der Waals surface area contributed by atoms with Gasteiger partial charge in [0.2, 0.25) is 5.95 Å². The Morgan fingerprint density at radius 1 is 1.12 bits per heavy atom. The van der Waals surface area contributed by atoms with E-state index in [4.69, 9.17) is 0 Å². The molecule has 2 N–H and O–H groups in total. The molecule has 0 aliphatic heterocycles. The molecular weight excluding hydrogens is 216 g/mol. The molecule has 1 aromatic rings. The van der Waals surface area contributed by atoms with Crippen molar-refractivity contribution in [1.29, 1.82) is 0 Å². The van der Waals surface area contributed by atoms with E-state index in [1.165, 1.54) is 0 Å². The Labute approximate surface area is 103 Å². The molecule has 0 saturated carbocycles. The molecule has 0 bridgehead atoms. The Balaban J connectivity index is 2.73. The van der Waals surface area contributed by atoms with E-state index in [0.717, 1.165) is 24.2 Å². The lowest BCUT2D eigenvalue weighted by Gasteiger charge is -2.21. The van der Waals surface area contributed by atoms with E-state index in [0.29, 0.717) is 18.9 Å². The van der Waals surface area contributed by atoms with Crippen LogP contribution in [0, 0.1) is 0 Å². The first-order valence-corrected chi connectivity index (χ1v) is 6.21. The van der Waals surface area contributed by atoms with Gasteiger partial charge in [0.25, 0.3) is 0 Å². The van der Waals surface area contributed by atoms with Gasteiger partial charge in [-0.15, -0.1) is 5.10 Å². The van der Waals surface area contributed by atoms with E-state index >= 15 is 0 Å². The molecule has 0 radical (unpaired) electrons. The maximum absolute atomic E-state index is 9.87. The third-order valence-electron chi connectivity index (χ3n) is 2.90. The molecule has 1 rings (SSSR count). The van der Waals surface area contributed by atoms with E-state index in [9.17, 15) is 5.11 Å². The zero-order valence-electron chi connectivity index (χ0n) is 11.1. The molecule has 1 atom stereocenters. The second kappa shape index (κ2) is 5.91. The minimum absolute atomic E-state index is 0.430. The molecule has 0 fully saturated rings. The fraction of sp³-hybridized carbons (Fsp3) is 0.750. The molecular formula is C12H22N4O. The minimum atomic E-state index is -0.737. The molecule has 0 aromatic carbocycles. The van der Waals surface area contributed by atoms with Crippen LogP contribution < -0.4 is 5.32 Å². The number of anilines is 1. The standard InChI is InChI=1S/C12H22N4O/c1-5-9-10(6-2)15-16-11(14-9)13-8-12(4,17)7-3/h17H,5-8H2,1-4H3,(H,13,14,16). The van der Waals surface area contributed by atoms with Crippen LogP contribution in [0.5, 0.6) is 0 Å². The third kappa shape index (κ3) is 3.93. The molecule has 0 saturated heterocycles. The van der Waals surface area contributed by atoms with Gasteiger partial charge in [0, 0.05) is 6.54 Å². The van der Waals surface area contributed by atoms with Crippen LogP contribution in [0.2, 0.25) is 0 Å². The summed E-state index contributed by atoms with van der Waals surface area (Å²) < 4.78 is 0.